The van der Waals surface area contributed by atoms with Gasteiger partial charge >= 0.3 is 0 Å². The van der Waals surface area contributed by atoms with E-state index in [1.807, 2.05) is 6.92 Å². The predicted octanol–water partition coefficient (Wildman–Crippen LogP) is 3.33. The largest absolute Gasteiger partial charge is 0.396 e. The molecule has 8 heteroatoms. The maximum Gasteiger partial charge on any atom is 0.229 e. The first-order valence-corrected chi connectivity index (χ1v) is 12.9. The molecule has 5 atom stereocenters. The van der Waals surface area contributed by atoms with Gasteiger partial charge in [0.2, 0.25) is 11.8 Å². The zero-order valence-corrected chi connectivity index (χ0v) is 20.8. The van der Waals surface area contributed by atoms with Crippen LogP contribution in [0.5, 0.6) is 0 Å². The van der Waals surface area contributed by atoms with Crippen LogP contribution in [-0.2, 0) is 16.0 Å². The Morgan fingerprint density at radius 2 is 2.06 bits per heavy atom. The lowest BCUT2D eigenvalue weighted by Crippen LogP contribution is -2.57. The minimum Gasteiger partial charge on any atom is -0.396 e. The molecule has 3 aliphatic rings. The molecule has 2 fully saturated rings. The van der Waals surface area contributed by atoms with Crippen LogP contribution in [0.1, 0.15) is 68.9 Å². The SMILES string of the molecule is C=CCN(C)C(=O)CC1c2nc(NC(=O)C3CCC3)sc2CC2C(C)(CO)C(O)CCC12C. The lowest BCUT2D eigenvalue weighted by molar-refractivity contribution is -0.146. The number of hydrogen-bond acceptors (Lipinski definition) is 6. The average molecular weight is 476 g/mol. The Kier molecular flexibility index (Phi) is 6.73. The summed E-state index contributed by atoms with van der Waals surface area (Å²) in [5.41, 5.74) is -0.0459. The fraction of sp³-hybridized carbons (Fsp3) is 0.720. The minimum atomic E-state index is -0.654. The van der Waals surface area contributed by atoms with E-state index >= 15 is 0 Å². The van der Waals surface area contributed by atoms with E-state index in [9.17, 15) is 19.8 Å². The zero-order chi connectivity index (χ0) is 24.0. The molecule has 3 N–H and O–H groups in total. The van der Waals surface area contributed by atoms with E-state index in [0.29, 0.717) is 30.9 Å². The van der Waals surface area contributed by atoms with Crippen molar-refractivity contribution in [3.8, 4) is 0 Å². The van der Waals surface area contributed by atoms with Crippen LogP contribution in [0, 0.1) is 22.7 Å². The number of aliphatic hydroxyl groups excluding tert-OH is 2. The van der Waals surface area contributed by atoms with Gasteiger partial charge in [0.15, 0.2) is 5.13 Å². The van der Waals surface area contributed by atoms with E-state index < -0.39 is 11.5 Å². The summed E-state index contributed by atoms with van der Waals surface area (Å²) in [5, 5.41) is 24.8. The second-order valence-electron chi connectivity index (χ2n) is 10.7. The Morgan fingerprint density at radius 1 is 1.33 bits per heavy atom. The van der Waals surface area contributed by atoms with Crippen molar-refractivity contribution in [2.75, 3.05) is 25.5 Å². The van der Waals surface area contributed by atoms with Crippen LogP contribution in [0.25, 0.3) is 0 Å². The summed E-state index contributed by atoms with van der Waals surface area (Å²) in [6.45, 7) is 8.27. The van der Waals surface area contributed by atoms with Gasteiger partial charge in [-0.2, -0.15) is 0 Å². The van der Waals surface area contributed by atoms with Crippen molar-refractivity contribution in [1.29, 1.82) is 0 Å². The number of carbonyl (C=O) groups excluding carboxylic acids is 2. The highest BCUT2D eigenvalue weighted by molar-refractivity contribution is 7.15. The highest BCUT2D eigenvalue weighted by Gasteiger charge is 2.59. The monoisotopic (exact) mass is 475 g/mol. The molecule has 3 aliphatic carbocycles. The average Bonchev–Trinajstić information content (AvgIpc) is 3.13. The van der Waals surface area contributed by atoms with Gasteiger partial charge in [-0.15, -0.1) is 17.9 Å². The molecule has 0 aromatic carbocycles. The molecule has 0 saturated heterocycles. The van der Waals surface area contributed by atoms with Crippen molar-refractivity contribution in [3.63, 3.8) is 0 Å². The van der Waals surface area contributed by atoms with Crippen LogP contribution in [0.4, 0.5) is 5.13 Å². The smallest absolute Gasteiger partial charge is 0.229 e. The molecule has 1 aromatic rings. The standard InChI is InChI=1S/C25H37N3O4S/c1-5-11-28(4)20(31)12-16-21-17(33-23(26-21)27-22(32)15-7-6-8-15)13-18-24(16,2)10-9-19(30)25(18,3)14-29/h5,15-16,18-19,29-30H,1,6-14H2,2-4H3,(H,26,27,32). The van der Waals surface area contributed by atoms with Crippen LogP contribution in [-0.4, -0.2) is 58.2 Å². The lowest BCUT2D eigenvalue weighted by Gasteiger charge is -2.58. The Labute approximate surface area is 200 Å². The van der Waals surface area contributed by atoms with E-state index in [4.69, 9.17) is 4.98 Å². The van der Waals surface area contributed by atoms with Crippen LogP contribution >= 0.6 is 11.3 Å². The van der Waals surface area contributed by atoms with Gasteiger partial charge in [-0.05, 0) is 43.4 Å². The fourth-order valence-corrected chi connectivity index (χ4v) is 7.27. The molecule has 2 saturated carbocycles. The van der Waals surface area contributed by atoms with Gasteiger partial charge in [0.1, 0.15) is 0 Å². The van der Waals surface area contributed by atoms with Gasteiger partial charge < -0.3 is 20.4 Å². The highest BCUT2D eigenvalue weighted by atomic mass is 32.1. The number of amides is 2. The first-order valence-electron chi connectivity index (χ1n) is 12.1. The quantitative estimate of drug-likeness (QED) is 0.525. The second-order valence-corrected chi connectivity index (χ2v) is 11.8. The number of nitrogens with one attached hydrogen (secondary N) is 1. The van der Waals surface area contributed by atoms with Gasteiger partial charge in [0.05, 0.1) is 18.4 Å². The molecule has 0 aliphatic heterocycles. The zero-order valence-electron chi connectivity index (χ0n) is 20.0. The van der Waals surface area contributed by atoms with Crippen molar-refractivity contribution in [2.45, 2.75) is 70.8 Å². The molecule has 7 nitrogen and oxygen atoms in total. The highest BCUT2D eigenvalue weighted by Crippen LogP contribution is 2.62. The maximum atomic E-state index is 13.1. The Bertz CT molecular complexity index is 929. The number of thiazole rings is 1. The number of aromatic nitrogens is 1. The third-order valence-electron chi connectivity index (χ3n) is 8.81. The Hall–Kier alpha value is -1.77. The van der Waals surface area contributed by atoms with Crippen molar-refractivity contribution in [3.05, 3.63) is 23.2 Å². The van der Waals surface area contributed by atoms with E-state index in [0.717, 1.165) is 36.3 Å². The summed E-state index contributed by atoms with van der Waals surface area (Å²) in [4.78, 5) is 33.3. The topological polar surface area (TPSA) is 103 Å². The third-order valence-corrected chi connectivity index (χ3v) is 9.82. The van der Waals surface area contributed by atoms with Crippen LogP contribution in [0.2, 0.25) is 0 Å². The summed E-state index contributed by atoms with van der Waals surface area (Å²) in [7, 11) is 1.78. The van der Waals surface area contributed by atoms with Gasteiger partial charge in [-0.25, -0.2) is 4.98 Å². The first-order chi connectivity index (χ1) is 15.6. The fourth-order valence-electron chi connectivity index (χ4n) is 6.20. The van der Waals surface area contributed by atoms with E-state index in [-0.39, 0.29) is 41.6 Å². The van der Waals surface area contributed by atoms with Crippen molar-refractivity contribution in [1.82, 2.24) is 9.88 Å². The lowest BCUT2D eigenvalue weighted by atomic mass is 9.47. The molecule has 0 radical (unpaired) electrons. The number of nitrogens with zero attached hydrogens (tertiary/aromatic N) is 2. The third kappa shape index (κ3) is 4.15. The molecular weight excluding hydrogens is 438 g/mol. The van der Waals surface area contributed by atoms with Crippen molar-refractivity contribution >= 4 is 28.3 Å². The van der Waals surface area contributed by atoms with E-state index in [1.54, 1.807) is 18.0 Å². The van der Waals surface area contributed by atoms with Crippen LogP contribution in [0.15, 0.2) is 12.7 Å². The minimum absolute atomic E-state index is 0.00407. The molecular formula is C25H37N3O4S. The number of hydrogen-bond donors (Lipinski definition) is 3. The maximum absolute atomic E-state index is 13.1. The number of rotatable bonds is 7. The summed E-state index contributed by atoms with van der Waals surface area (Å²) >= 11 is 1.48. The van der Waals surface area contributed by atoms with Gasteiger partial charge in [-0.1, -0.05) is 26.3 Å². The summed E-state index contributed by atoms with van der Waals surface area (Å²) < 4.78 is 0. The van der Waals surface area contributed by atoms with Crippen molar-refractivity contribution < 1.29 is 19.8 Å². The summed E-state index contributed by atoms with van der Waals surface area (Å²) in [5.74, 6) is -0.00860. The molecule has 1 heterocycles. The number of likely N-dealkylation sites (N-methyl/N-ethyl adjacent to an activating group) is 1. The van der Waals surface area contributed by atoms with Gasteiger partial charge in [0.25, 0.3) is 0 Å². The molecule has 1 aromatic heterocycles. The molecule has 0 spiro atoms. The Morgan fingerprint density at radius 3 is 2.67 bits per heavy atom. The van der Waals surface area contributed by atoms with Crippen LogP contribution in [0.3, 0.4) is 0 Å². The van der Waals surface area contributed by atoms with Crippen LogP contribution < -0.4 is 5.32 Å². The Balaban J connectivity index is 1.71. The molecule has 33 heavy (non-hydrogen) atoms. The second kappa shape index (κ2) is 9.12. The first kappa shape index (κ1) is 24.4. The molecule has 182 valence electrons. The molecule has 0 bridgehead atoms. The normalized spacial score (nSPS) is 33.4. The number of anilines is 1. The molecule has 2 amide bonds. The molecule has 4 rings (SSSR count). The summed E-state index contributed by atoms with van der Waals surface area (Å²) in [6.07, 6.45) is 6.41. The van der Waals surface area contributed by atoms with Gasteiger partial charge in [-0.3, -0.25) is 9.59 Å². The number of aliphatic hydroxyl groups is 2. The van der Waals surface area contributed by atoms with E-state index in [1.165, 1.54) is 11.3 Å². The van der Waals surface area contributed by atoms with Gasteiger partial charge in [0, 0.05) is 42.1 Å². The number of carbonyl (C=O) groups is 2. The number of fused-ring (bicyclic) bond motifs is 2. The molecule has 5 unspecified atom stereocenters. The van der Waals surface area contributed by atoms with Crippen molar-refractivity contribution in [2.24, 2.45) is 22.7 Å². The predicted molar refractivity (Wildman–Crippen MR) is 129 cm³/mol. The summed E-state index contributed by atoms with van der Waals surface area (Å²) in [6, 6.07) is 0. The van der Waals surface area contributed by atoms with E-state index in [2.05, 4.69) is 18.8 Å².